The van der Waals surface area contributed by atoms with Crippen LogP contribution < -0.4 is 10.5 Å². The molecule has 8 heteroatoms. The zero-order valence-corrected chi connectivity index (χ0v) is 13.1. The van der Waals surface area contributed by atoms with Gasteiger partial charge in [0.1, 0.15) is 10.8 Å². The summed E-state index contributed by atoms with van der Waals surface area (Å²) in [6.45, 7) is 2.04. The van der Waals surface area contributed by atoms with E-state index in [0.717, 1.165) is 5.56 Å². The molecule has 2 aromatic rings. The van der Waals surface area contributed by atoms with E-state index in [1.807, 2.05) is 6.92 Å². The third kappa shape index (κ3) is 3.87. The number of imidazole rings is 1. The Morgan fingerprint density at radius 1 is 1.48 bits per heavy atom. The fraction of sp³-hybridized carbons (Fsp3) is 0.231. The van der Waals surface area contributed by atoms with Gasteiger partial charge in [-0.25, -0.2) is 18.1 Å². The molecular formula is C13H16N4O2S2. The predicted octanol–water partition coefficient (Wildman–Crippen LogP) is 1.08. The number of rotatable bonds is 6. The summed E-state index contributed by atoms with van der Waals surface area (Å²) in [6, 6.07) is 7.12. The van der Waals surface area contributed by atoms with E-state index in [9.17, 15) is 8.42 Å². The highest BCUT2D eigenvalue weighted by Gasteiger charge is 2.16. The predicted molar refractivity (Wildman–Crippen MR) is 84.3 cm³/mol. The summed E-state index contributed by atoms with van der Waals surface area (Å²) in [7, 11) is -3.61. The van der Waals surface area contributed by atoms with Gasteiger partial charge in [-0.1, -0.05) is 37.3 Å². The quantitative estimate of drug-likeness (QED) is 0.690. The normalized spacial score (nSPS) is 11.5. The van der Waals surface area contributed by atoms with Crippen molar-refractivity contribution in [1.82, 2.24) is 14.7 Å². The number of nitrogens with zero attached hydrogens (tertiary/aromatic N) is 1. The van der Waals surface area contributed by atoms with E-state index in [2.05, 4.69) is 14.7 Å². The summed E-state index contributed by atoms with van der Waals surface area (Å²) in [4.78, 5) is 7.03. The Kier molecular flexibility index (Phi) is 4.71. The van der Waals surface area contributed by atoms with Gasteiger partial charge in [0.2, 0.25) is 0 Å². The molecule has 2 rings (SSSR count). The average Bonchev–Trinajstić information content (AvgIpc) is 2.95. The van der Waals surface area contributed by atoms with Gasteiger partial charge in [-0.15, -0.1) is 0 Å². The lowest BCUT2D eigenvalue weighted by molar-refractivity contribution is 0.578. The molecule has 0 amide bonds. The molecule has 1 aromatic carbocycles. The van der Waals surface area contributed by atoms with E-state index in [4.69, 9.17) is 18.0 Å². The van der Waals surface area contributed by atoms with Crippen molar-refractivity contribution in [3.05, 3.63) is 47.4 Å². The first-order valence-corrected chi connectivity index (χ1v) is 8.24. The Labute approximate surface area is 128 Å². The second kappa shape index (κ2) is 6.33. The number of aryl methyl sites for hydroxylation is 1. The van der Waals surface area contributed by atoms with Crippen molar-refractivity contribution in [3.63, 3.8) is 0 Å². The standard InChI is InChI=1S/C13H16N4O2S2/c1-2-11-15-8-12(17-11)21(18,19)16-7-9-4-3-5-10(6-9)13(14)20/h3-6,8,16H,2,7H2,1H3,(H2,14,20)(H,15,17). The summed E-state index contributed by atoms with van der Waals surface area (Å²) in [5.74, 6) is 0.630. The summed E-state index contributed by atoms with van der Waals surface area (Å²) in [5, 5.41) is 0.0600. The van der Waals surface area contributed by atoms with Gasteiger partial charge in [0.05, 0.1) is 6.20 Å². The monoisotopic (exact) mass is 324 g/mol. The molecule has 0 fully saturated rings. The van der Waals surface area contributed by atoms with Crippen LogP contribution in [0.2, 0.25) is 0 Å². The van der Waals surface area contributed by atoms with Crippen LogP contribution >= 0.6 is 12.2 Å². The number of H-pyrrole nitrogens is 1. The van der Waals surface area contributed by atoms with Gasteiger partial charge in [-0.2, -0.15) is 0 Å². The van der Waals surface area contributed by atoms with Crippen molar-refractivity contribution in [1.29, 1.82) is 0 Å². The number of nitrogens with one attached hydrogen (secondary N) is 2. The topological polar surface area (TPSA) is 101 Å². The van der Waals surface area contributed by atoms with Gasteiger partial charge < -0.3 is 10.7 Å². The molecule has 0 bridgehead atoms. The maximum atomic E-state index is 12.1. The van der Waals surface area contributed by atoms with Gasteiger partial charge in [-0.05, 0) is 11.6 Å². The van der Waals surface area contributed by atoms with Crippen LogP contribution in [0.4, 0.5) is 0 Å². The number of aromatic amines is 1. The third-order valence-corrected chi connectivity index (χ3v) is 4.45. The molecule has 0 saturated carbocycles. The molecule has 6 nitrogen and oxygen atoms in total. The number of nitrogens with two attached hydrogens (primary N) is 1. The molecule has 1 heterocycles. The Bertz CT molecular complexity index is 753. The van der Waals surface area contributed by atoms with Crippen LogP contribution in [0.5, 0.6) is 0 Å². The van der Waals surface area contributed by atoms with E-state index >= 15 is 0 Å². The van der Waals surface area contributed by atoms with Gasteiger partial charge in [-0.3, -0.25) is 0 Å². The molecule has 0 saturated heterocycles. The summed E-state index contributed by atoms with van der Waals surface area (Å²) < 4.78 is 26.8. The minimum absolute atomic E-state index is 0.0600. The summed E-state index contributed by atoms with van der Waals surface area (Å²) in [5.41, 5.74) is 7.04. The largest absolute Gasteiger partial charge is 0.389 e. The van der Waals surface area contributed by atoms with E-state index in [-0.39, 0.29) is 16.6 Å². The zero-order chi connectivity index (χ0) is 15.5. The maximum absolute atomic E-state index is 12.1. The van der Waals surface area contributed by atoms with Crippen molar-refractivity contribution >= 4 is 27.2 Å². The Morgan fingerprint density at radius 2 is 2.24 bits per heavy atom. The summed E-state index contributed by atoms with van der Waals surface area (Å²) >= 11 is 4.90. The molecule has 0 unspecified atom stereocenters. The maximum Gasteiger partial charge on any atom is 0.257 e. The van der Waals surface area contributed by atoms with Crippen molar-refractivity contribution in [2.45, 2.75) is 24.9 Å². The van der Waals surface area contributed by atoms with E-state index in [0.29, 0.717) is 17.8 Å². The lowest BCUT2D eigenvalue weighted by Gasteiger charge is -2.06. The first-order chi connectivity index (χ1) is 9.92. The number of sulfonamides is 1. The molecule has 0 aliphatic rings. The third-order valence-electron chi connectivity index (χ3n) is 2.91. The van der Waals surface area contributed by atoms with E-state index in [1.54, 1.807) is 24.3 Å². The number of hydrogen-bond acceptors (Lipinski definition) is 4. The SMILES string of the molecule is CCc1ncc(S(=O)(=O)NCc2cccc(C(N)=S)c2)[nH]1. The highest BCUT2D eigenvalue weighted by atomic mass is 32.2. The highest BCUT2D eigenvalue weighted by Crippen LogP contribution is 2.09. The molecule has 0 aliphatic carbocycles. The lowest BCUT2D eigenvalue weighted by atomic mass is 10.1. The molecule has 0 aliphatic heterocycles. The first kappa shape index (κ1) is 15.6. The number of thiocarbonyl (C=S) groups is 1. The van der Waals surface area contributed by atoms with Gasteiger partial charge in [0.15, 0.2) is 5.03 Å². The van der Waals surface area contributed by atoms with Gasteiger partial charge in [0, 0.05) is 18.5 Å². The molecule has 1 aromatic heterocycles. The van der Waals surface area contributed by atoms with Gasteiger partial charge >= 0.3 is 0 Å². The average molecular weight is 324 g/mol. The zero-order valence-electron chi connectivity index (χ0n) is 11.5. The second-order valence-electron chi connectivity index (χ2n) is 4.44. The number of benzene rings is 1. The van der Waals surface area contributed by atoms with Crippen molar-refractivity contribution in [2.24, 2.45) is 5.73 Å². The van der Waals surface area contributed by atoms with Crippen LogP contribution in [0, 0.1) is 0 Å². The Morgan fingerprint density at radius 3 is 2.86 bits per heavy atom. The van der Waals surface area contributed by atoms with E-state index < -0.39 is 10.0 Å². The minimum atomic E-state index is -3.61. The van der Waals surface area contributed by atoms with Crippen LogP contribution in [0.3, 0.4) is 0 Å². The highest BCUT2D eigenvalue weighted by molar-refractivity contribution is 7.89. The Balaban J connectivity index is 2.11. The van der Waals surface area contributed by atoms with Crippen LogP contribution in [-0.2, 0) is 23.0 Å². The molecule has 0 spiro atoms. The van der Waals surface area contributed by atoms with Gasteiger partial charge in [0.25, 0.3) is 10.0 Å². The Hall–Kier alpha value is -1.77. The fourth-order valence-corrected chi connectivity index (χ4v) is 2.83. The van der Waals surface area contributed by atoms with Crippen molar-refractivity contribution in [2.75, 3.05) is 0 Å². The van der Waals surface area contributed by atoms with Crippen LogP contribution in [0.25, 0.3) is 0 Å². The minimum Gasteiger partial charge on any atom is -0.389 e. The van der Waals surface area contributed by atoms with Crippen molar-refractivity contribution < 1.29 is 8.42 Å². The molecule has 112 valence electrons. The summed E-state index contributed by atoms with van der Waals surface area (Å²) in [6.07, 6.45) is 1.96. The fourth-order valence-electron chi connectivity index (χ4n) is 1.75. The lowest BCUT2D eigenvalue weighted by Crippen LogP contribution is -2.23. The van der Waals surface area contributed by atoms with Crippen molar-refractivity contribution in [3.8, 4) is 0 Å². The number of aromatic nitrogens is 2. The van der Waals surface area contributed by atoms with Crippen LogP contribution in [0.1, 0.15) is 23.9 Å². The number of hydrogen-bond donors (Lipinski definition) is 3. The molecule has 0 radical (unpaired) electrons. The van der Waals surface area contributed by atoms with E-state index in [1.165, 1.54) is 6.20 Å². The molecule has 21 heavy (non-hydrogen) atoms. The van der Waals surface area contributed by atoms with Crippen LogP contribution in [-0.4, -0.2) is 23.4 Å². The smallest absolute Gasteiger partial charge is 0.257 e. The molecular weight excluding hydrogens is 308 g/mol. The first-order valence-electron chi connectivity index (χ1n) is 6.34. The molecule has 0 atom stereocenters. The van der Waals surface area contributed by atoms with Crippen LogP contribution in [0.15, 0.2) is 35.5 Å². The second-order valence-corrected chi connectivity index (χ2v) is 6.61. The molecule has 4 N–H and O–H groups in total.